The van der Waals surface area contributed by atoms with Gasteiger partial charge in [-0.1, -0.05) is 12.1 Å². The molecule has 0 aliphatic rings. The lowest BCUT2D eigenvalue weighted by atomic mass is 10.0. The Morgan fingerprint density at radius 1 is 1.30 bits per heavy atom. The zero-order chi connectivity index (χ0) is 21.7. The highest BCUT2D eigenvalue weighted by Gasteiger charge is 2.18. The van der Waals surface area contributed by atoms with Gasteiger partial charge in [-0.15, -0.1) is 0 Å². The third-order valence-corrected chi connectivity index (χ3v) is 4.42. The molecule has 2 heterocycles. The van der Waals surface area contributed by atoms with Crippen molar-refractivity contribution in [1.29, 1.82) is 0 Å². The summed E-state index contributed by atoms with van der Waals surface area (Å²) in [6.45, 7) is 1.19. The Kier molecular flexibility index (Phi) is 6.76. The van der Waals surface area contributed by atoms with Crippen molar-refractivity contribution in [2.45, 2.75) is 19.4 Å². The van der Waals surface area contributed by atoms with Crippen molar-refractivity contribution >= 4 is 16.9 Å². The summed E-state index contributed by atoms with van der Waals surface area (Å²) in [6.07, 6.45) is 1.36. The van der Waals surface area contributed by atoms with Crippen molar-refractivity contribution in [3.63, 3.8) is 0 Å². The molecule has 1 aromatic carbocycles. The Morgan fingerprint density at radius 2 is 2.03 bits per heavy atom. The first-order valence-corrected chi connectivity index (χ1v) is 9.38. The van der Waals surface area contributed by atoms with Crippen molar-refractivity contribution in [1.82, 2.24) is 15.3 Å². The lowest BCUT2D eigenvalue weighted by Gasteiger charge is -2.18. The Balaban J connectivity index is 2.08. The maximum atomic E-state index is 13.2. The van der Waals surface area contributed by atoms with Crippen LogP contribution in [0, 0.1) is 5.82 Å². The van der Waals surface area contributed by atoms with Crippen LogP contribution in [-0.2, 0) is 6.42 Å². The van der Waals surface area contributed by atoms with Gasteiger partial charge < -0.3 is 25.3 Å². The van der Waals surface area contributed by atoms with E-state index >= 15 is 0 Å². The van der Waals surface area contributed by atoms with Crippen molar-refractivity contribution in [3.05, 3.63) is 69.4 Å². The Hall–Kier alpha value is -3.30. The number of benzene rings is 1. The second-order valence-corrected chi connectivity index (χ2v) is 6.78. The largest absolute Gasteiger partial charge is 0.486 e. The van der Waals surface area contributed by atoms with Crippen LogP contribution in [0.3, 0.4) is 0 Å². The minimum atomic E-state index is -0.639. The molecule has 158 valence electrons. The van der Waals surface area contributed by atoms with Gasteiger partial charge in [0.2, 0.25) is 0 Å². The second-order valence-electron chi connectivity index (χ2n) is 6.78. The number of H-pyrrole nitrogens is 1. The van der Waals surface area contributed by atoms with Gasteiger partial charge >= 0.3 is 0 Å². The fourth-order valence-electron chi connectivity index (χ4n) is 2.92. The first-order chi connectivity index (χ1) is 14.4. The van der Waals surface area contributed by atoms with E-state index in [0.29, 0.717) is 28.8 Å². The highest BCUT2D eigenvalue weighted by atomic mass is 19.1. The number of carbonyl (C=O) groups is 1. The lowest BCUT2D eigenvalue weighted by molar-refractivity contribution is 0.0943. The molecule has 1 unspecified atom stereocenters. The van der Waals surface area contributed by atoms with E-state index in [1.165, 1.54) is 18.2 Å². The number of ether oxygens (including phenoxy) is 1. The first-order valence-electron chi connectivity index (χ1n) is 9.38. The molecule has 3 aromatic rings. The number of nitrogens with zero attached hydrogens (tertiary/aromatic N) is 1. The number of aromatic nitrogens is 2. The van der Waals surface area contributed by atoms with Crippen LogP contribution >= 0.6 is 0 Å². The molecule has 0 bridgehead atoms. The minimum absolute atomic E-state index is 0.0166. The molecule has 0 saturated heterocycles. The van der Waals surface area contributed by atoms with Crippen molar-refractivity contribution in [2.75, 3.05) is 19.8 Å². The molecule has 8 nitrogen and oxygen atoms in total. The summed E-state index contributed by atoms with van der Waals surface area (Å²) in [4.78, 5) is 31.6. The summed E-state index contributed by atoms with van der Waals surface area (Å²) in [6, 6.07) is 7.31. The molecule has 9 heteroatoms. The number of fused-ring (bicyclic) bond motifs is 1. The monoisotopic (exact) mass is 415 g/mol. The average molecular weight is 415 g/mol. The number of halogens is 1. The third kappa shape index (κ3) is 4.81. The first kappa shape index (κ1) is 21.4. The number of aliphatic hydroxyl groups excluding tert-OH is 2. The quantitative estimate of drug-likeness (QED) is 0.437. The second kappa shape index (κ2) is 9.47. The standard InChI is InChI=1S/C21H22FN3O5/c1-12(11-27)30-19-14(8-13-2-4-15(22)5-3-13)10-24-17-9-16(20(28)23-6-7-26)21(29)25-18(17)19/h2-5,9-10,12,26-27H,6-8,11H2,1H3,(H,23,28)(H,25,29). The zero-order valence-electron chi connectivity index (χ0n) is 16.3. The molecule has 1 atom stereocenters. The molecule has 2 aromatic heterocycles. The zero-order valence-corrected chi connectivity index (χ0v) is 16.3. The van der Waals surface area contributed by atoms with Gasteiger partial charge in [0, 0.05) is 24.7 Å². The van der Waals surface area contributed by atoms with Gasteiger partial charge in [-0.25, -0.2) is 4.39 Å². The van der Waals surface area contributed by atoms with E-state index in [0.717, 1.165) is 5.56 Å². The molecule has 3 rings (SSSR count). The van der Waals surface area contributed by atoms with Crippen LogP contribution in [0.1, 0.15) is 28.4 Å². The number of nitrogens with one attached hydrogen (secondary N) is 2. The van der Waals surface area contributed by atoms with Crippen LogP contribution in [0.4, 0.5) is 4.39 Å². The van der Waals surface area contributed by atoms with E-state index < -0.39 is 17.6 Å². The number of hydrogen-bond acceptors (Lipinski definition) is 6. The fourth-order valence-corrected chi connectivity index (χ4v) is 2.92. The molecular formula is C21H22FN3O5. The van der Waals surface area contributed by atoms with Crippen molar-refractivity contribution < 1.29 is 24.1 Å². The number of aliphatic hydroxyl groups is 2. The molecular weight excluding hydrogens is 393 g/mol. The summed E-state index contributed by atoms with van der Waals surface area (Å²) in [5.74, 6) is -0.655. The van der Waals surface area contributed by atoms with Crippen molar-refractivity contribution in [3.8, 4) is 5.75 Å². The van der Waals surface area contributed by atoms with Gasteiger partial charge in [0.1, 0.15) is 23.0 Å². The summed E-state index contributed by atoms with van der Waals surface area (Å²) in [5, 5.41) is 20.7. The summed E-state index contributed by atoms with van der Waals surface area (Å²) in [7, 11) is 0. The molecule has 0 aliphatic heterocycles. The van der Waals surface area contributed by atoms with E-state index in [9.17, 15) is 19.1 Å². The van der Waals surface area contributed by atoms with Gasteiger partial charge in [-0.2, -0.15) is 0 Å². The normalized spacial score (nSPS) is 12.0. The van der Waals surface area contributed by atoms with E-state index in [-0.39, 0.29) is 31.1 Å². The number of aromatic amines is 1. The molecule has 1 amide bonds. The predicted octanol–water partition coefficient (Wildman–Crippen LogP) is 1.13. The van der Waals surface area contributed by atoms with E-state index in [4.69, 9.17) is 9.84 Å². The SMILES string of the molecule is CC(CO)Oc1c(Cc2ccc(F)cc2)cnc2cc(C(=O)NCCO)c(=O)[nH]c12. The number of hydrogen-bond donors (Lipinski definition) is 4. The molecule has 0 fully saturated rings. The smallest absolute Gasteiger partial charge is 0.261 e. The van der Waals surface area contributed by atoms with E-state index in [1.54, 1.807) is 25.3 Å². The Labute approximate surface area is 171 Å². The maximum absolute atomic E-state index is 13.2. The van der Waals surface area contributed by atoms with Crippen LogP contribution < -0.4 is 15.6 Å². The van der Waals surface area contributed by atoms with Crippen LogP contribution in [0.5, 0.6) is 5.75 Å². The third-order valence-electron chi connectivity index (χ3n) is 4.42. The van der Waals surface area contributed by atoms with E-state index in [2.05, 4.69) is 15.3 Å². The molecule has 0 aliphatic carbocycles. The molecule has 0 radical (unpaired) electrons. The highest BCUT2D eigenvalue weighted by Crippen LogP contribution is 2.29. The summed E-state index contributed by atoms with van der Waals surface area (Å²) < 4.78 is 19.1. The maximum Gasteiger partial charge on any atom is 0.261 e. The van der Waals surface area contributed by atoms with Crippen LogP contribution in [0.25, 0.3) is 11.0 Å². The predicted molar refractivity (Wildman–Crippen MR) is 108 cm³/mol. The van der Waals surface area contributed by atoms with Gasteiger partial charge in [0.05, 0.1) is 18.7 Å². The molecule has 0 spiro atoms. The highest BCUT2D eigenvalue weighted by molar-refractivity contribution is 5.97. The van der Waals surface area contributed by atoms with Crippen LogP contribution in [-0.4, -0.2) is 52.0 Å². The summed E-state index contributed by atoms with van der Waals surface area (Å²) in [5.41, 5.74) is 1.27. The van der Waals surface area contributed by atoms with Gasteiger partial charge in [-0.05, 0) is 30.7 Å². The Bertz CT molecular complexity index is 1100. The number of amides is 1. The fraction of sp³-hybridized carbons (Fsp3) is 0.286. The molecule has 30 heavy (non-hydrogen) atoms. The van der Waals surface area contributed by atoms with Gasteiger partial charge in [0.25, 0.3) is 11.5 Å². The molecule has 0 saturated carbocycles. The van der Waals surface area contributed by atoms with Gasteiger partial charge in [0.15, 0.2) is 5.75 Å². The Morgan fingerprint density at radius 3 is 2.70 bits per heavy atom. The number of rotatable bonds is 8. The number of pyridine rings is 2. The van der Waals surface area contributed by atoms with Crippen LogP contribution in [0.15, 0.2) is 41.3 Å². The average Bonchev–Trinajstić information content (AvgIpc) is 2.74. The topological polar surface area (TPSA) is 125 Å². The minimum Gasteiger partial charge on any atom is -0.486 e. The van der Waals surface area contributed by atoms with Gasteiger partial charge in [-0.3, -0.25) is 14.6 Å². The summed E-state index contributed by atoms with van der Waals surface area (Å²) >= 11 is 0. The van der Waals surface area contributed by atoms with Crippen molar-refractivity contribution in [2.24, 2.45) is 0 Å². The number of carbonyl (C=O) groups excluding carboxylic acids is 1. The van der Waals surface area contributed by atoms with E-state index in [1.807, 2.05) is 0 Å². The van der Waals surface area contributed by atoms with Crippen LogP contribution in [0.2, 0.25) is 0 Å². The molecule has 4 N–H and O–H groups in total. The lowest BCUT2D eigenvalue weighted by Crippen LogP contribution is -2.31.